The fourth-order valence-corrected chi connectivity index (χ4v) is 1.88. The fourth-order valence-electron chi connectivity index (χ4n) is 1.88. The van der Waals surface area contributed by atoms with Gasteiger partial charge in [0.2, 0.25) is 0 Å². The van der Waals surface area contributed by atoms with E-state index in [1.165, 1.54) is 12.8 Å². The van der Waals surface area contributed by atoms with Gasteiger partial charge in [0.05, 0.1) is 6.61 Å². The monoisotopic (exact) mass is 229 g/mol. The van der Waals surface area contributed by atoms with E-state index in [2.05, 4.69) is 18.8 Å². The van der Waals surface area contributed by atoms with Crippen molar-refractivity contribution in [2.45, 2.75) is 51.1 Å². The van der Waals surface area contributed by atoms with Crippen LogP contribution in [0.4, 0.5) is 0 Å². The van der Waals surface area contributed by atoms with Crippen molar-refractivity contribution in [1.29, 1.82) is 0 Å². The molecule has 2 atom stereocenters. The van der Waals surface area contributed by atoms with Gasteiger partial charge in [-0.2, -0.15) is 0 Å². The van der Waals surface area contributed by atoms with Crippen molar-refractivity contribution < 1.29 is 9.84 Å². The van der Waals surface area contributed by atoms with Crippen molar-refractivity contribution in [2.24, 2.45) is 0 Å². The maximum Gasteiger partial charge on any atom is 0.0616 e. The molecule has 3 nitrogen and oxygen atoms in total. The summed E-state index contributed by atoms with van der Waals surface area (Å²) in [5, 5.41) is 12.5. The molecule has 0 saturated heterocycles. The SMILES string of the molecule is C=CCCC(CCC)NC(CCO)COC. The molecule has 0 aromatic carbocycles. The Morgan fingerprint density at radius 2 is 2.06 bits per heavy atom. The molecule has 0 aromatic rings. The summed E-state index contributed by atoms with van der Waals surface area (Å²) in [5.74, 6) is 0. The molecule has 16 heavy (non-hydrogen) atoms. The third-order valence-electron chi connectivity index (χ3n) is 2.67. The van der Waals surface area contributed by atoms with Crippen molar-refractivity contribution in [2.75, 3.05) is 20.3 Å². The predicted molar refractivity (Wildman–Crippen MR) is 68.6 cm³/mol. The third-order valence-corrected chi connectivity index (χ3v) is 2.67. The molecule has 0 aliphatic rings. The molecule has 0 rings (SSSR count). The summed E-state index contributed by atoms with van der Waals surface area (Å²) in [6, 6.07) is 0.770. The van der Waals surface area contributed by atoms with E-state index in [4.69, 9.17) is 9.84 Å². The first-order valence-corrected chi connectivity index (χ1v) is 6.25. The van der Waals surface area contributed by atoms with Crippen molar-refractivity contribution in [3.8, 4) is 0 Å². The molecule has 96 valence electrons. The zero-order valence-corrected chi connectivity index (χ0v) is 10.7. The van der Waals surface area contributed by atoms with Crippen molar-refractivity contribution in [3.63, 3.8) is 0 Å². The van der Waals surface area contributed by atoms with E-state index in [1.807, 2.05) is 6.08 Å². The third kappa shape index (κ3) is 7.85. The number of methoxy groups -OCH3 is 1. The number of allylic oxidation sites excluding steroid dienone is 1. The molecule has 0 heterocycles. The summed E-state index contributed by atoms with van der Waals surface area (Å²) in [6.45, 7) is 6.82. The van der Waals surface area contributed by atoms with Crippen LogP contribution in [0.5, 0.6) is 0 Å². The number of hydrogen-bond donors (Lipinski definition) is 2. The summed E-state index contributed by atoms with van der Waals surface area (Å²) in [5.41, 5.74) is 0. The fraction of sp³-hybridized carbons (Fsp3) is 0.846. The van der Waals surface area contributed by atoms with Crippen LogP contribution in [0, 0.1) is 0 Å². The van der Waals surface area contributed by atoms with Crippen LogP contribution in [0.3, 0.4) is 0 Å². The molecule has 0 saturated carbocycles. The minimum absolute atomic E-state index is 0.210. The van der Waals surface area contributed by atoms with Crippen molar-refractivity contribution in [3.05, 3.63) is 12.7 Å². The topological polar surface area (TPSA) is 41.5 Å². The van der Waals surface area contributed by atoms with Crippen LogP contribution in [0.1, 0.15) is 39.0 Å². The molecule has 0 fully saturated rings. The quantitative estimate of drug-likeness (QED) is 0.533. The highest BCUT2D eigenvalue weighted by Gasteiger charge is 2.13. The normalized spacial score (nSPS) is 14.7. The minimum atomic E-state index is 0.210. The molecule has 3 heteroatoms. The summed E-state index contributed by atoms with van der Waals surface area (Å²) in [7, 11) is 1.70. The zero-order valence-electron chi connectivity index (χ0n) is 10.7. The van der Waals surface area contributed by atoms with E-state index in [1.54, 1.807) is 7.11 Å². The van der Waals surface area contributed by atoms with Gasteiger partial charge in [-0.1, -0.05) is 19.4 Å². The van der Waals surface area contributed by atoms with Gasteiger partial charge < -0.3 is 15.2 Å². The summed E-state index contributed by atoms with van der Waals surface area (Å²) >= 11 is 0. The molecule has 2 N–H and O–H groups in total. The van der Waals surface area contributed by atoms with Gasteiger partial charge in [0.15, 0.2) is 0 Å². The molecule has 0 aromatic heterocycles. The van der Waals surface area contributed by atoms with Crippen molar-refractivity contribution in [1.82, 2.24) is 5.32 Å². The van der Waals surface area contributed by atoms with E-state index in [-0.39, 0.29) is 12.6 Å². The average Bonchev–Trinajstić information content (AvgIpc) is 2.27. The number of ether oxygens (including phenoxy) is 1. The molecule has 0 aliphatic carbocycles. The van der Waals surface area contributed by atoms with Crippen LogP contribution in [0.2, 0.25) is 0 Å². The van der Waals surface area contributed by atoms with Crippen LogP contribution < -0.4 is 5.32 Å². The minimum Gasteiger partial charge on any atom is -0.396 e. The van der Waals surface area contributed by atoms with Gasteiger partial charge in [-0.3, -0.25) is 0 Å². The van der Waals surface area contributed by atoms with E-state index >= 15 is 0 Å². The summed E-state index contributed by atoms with van der Waals surface area (Å²) < 4.78 is 5.15. The average molecular weight is 229 g/mol. The van der Waals surface area contributed by atoms with Crippen LogP contribution in [-0.4, -0.2) is 37.5 Å². The van der Waals surface area contributed by atoms with Crippen molar-refractivity contribution >= 4 is 0 Å². The van der Waals surface area contributed by atoms with Gasteiger partial charge in [0.1, 0.15) is 0 Å². The number of aliphatic hydroxyl groups is 1. The first kappa shape index (κ1) is 15.6. The Balaban J connectivity index is 4.02. The Bertz CT molecular complexity index is 156. The molecule has 2 unspecified atom stereocenters. The Morgan fingerprint density at radius 1 is 1.31 bits per heavy atom. The Hall–Kier alpha value is -0.380. The molecule has 0 bridgehead atoms. The summed E-state index contributed by atoms with van der Waals surface area (Å²) in [4.78, 5) is 0. The molecule has 0 aliphatic heterocycles. The van der Waals surface area contributed by atoms with Gasteiger partial charge in [-0.25, -0.2) is 0 Å². The van der Waals surface area contributed by atoms with E-state index < -0.39 is 0 Å². The lowest BCUT2D eigenvalue weighted by molar-refractivity contribution is 0.140. The predicted octanol–water partition coefficient (Wildman–Crippen LogP) is 2.11. The standard InChI is InChI=1S/C13H27NO2/c1-4-6-8-12(7-5-2)14-13(9-10-15)11-16-3/h4,12-15H,1,5-11H2,2-3H3. The smallest absolute Gasteiger partial charge is 0.0616 e. The molecule has 0 amide bonds. The molecular weight excluding hydrogens is 202 g/mol. The molecule has 0 radical (unpaired) electrons. The zero-order chi connectivity index (χ0) is 12.2. The first-order chi connectivity index (χ1) is 7.78. The van der Waals surface area contributed by atoms with Gasteiger partial charge in [0.25, 0.3) is 0 Å². The number of aliphatic hydroxyl groups excluding tert-OH is 1. The summed E-state index contributed by atoms with van der Waals surface area (Å²) in [6.07, 6.45) is 7.20. The lowest BCUT2D eigenvalue weighted by Gasteiger charge is -2.24. The number of hydrogen-bond acceptors (Lipinski definition) is 3. The second-order valence-corrected chi connectivity index (χ2v) is 4.18. The maximum atomic E-state index is 8.97. The largest absolute Gasteiger partial charge is 0.396 e. The highest BCUT2D eigenvalue weighted by molar-refractivity contribution is 4.77. The lowest BCUT2D eigenvalue weighted by atomic mass is 10.0. The van der Waals surface area contributed by atoms with E-state index in [9.17, 15) is 0 Å². The maximum absolute atomic E-state index is 8.97. The van der Waals surface area contributed by atoms with Crippen LogP contribution in [0.15, 0.2) is 12.7 Å². The highest BCUT2D eigenvalue weighted by Crippen LogP contribution is 2.07. The number of rotatable bonds is 11. The van der Waals surface area contributed by atoms with Crippen LogP contribution >= 0.6 is 0 Å². The Morgan fingerprint density at radius 3 is 2.56 bits per heavy atom. The second-order valence-electron chi connectivity index (χ2n) is 4.18. The second kappa shape index (κ2) is 11.1. The first-order valence-electron chi connectivity index (χ1n) is 6.25. The number of nitrogens with one attached hydrogen (secondary N) is 1. The van der Waals surface area contributed by atoms with Gasteiger partial charge in [0, 0.05) is 25.8 Å². The Kier molecular flexibility index (Phi) is 10.9. The van der Waals surface area contributed by atoms with Crippen LogP contribution in [-0.2, 0) is 4.74 Å². The molecule has 0 spiro atoms. The molecular formula is C13H27NO2. The van der Waals surface area contributed by atoms with E-state index in [0.29, 0.717) is 12.6 Å². The van der Waals surface area contributed by atoms with Crippen LogP contribution in [0.25, 0.3) is 0 Å². The Labute approximate surface area is 99.9 Å². The van der Waals surface area contributed by atoms with E-state index in [0.717, 1.165) is 19.3 Å². The van der Waals surface area contributed by atoms with Gasteiger partial charge in [-0.05, 0) is 25.7 Å². The van der Waals surface area contributed by atoms with Gasteiger partial charge >= 0.3 is 0 Å². The van der Waals surface area contributed by atoms with Gasteiger partial charge in [-0.15, -0.1) is 6.58 Å². The highest BCUT2D eigenvalue weighted by atomic mass is 16.5. The lowest BCUT2D eigenvalue weighted by Crippen LogP contribution is -2.41.